The molecule has 0 unspecified atom stereocenters. The number of rotatable bonds is 5. The Morgan fingerprint density at radius 3 is 2.80 bits per heavy atom. The fraction of sp³-hybridized carbons (Fsp3) is 0.211. The molecule has 3 rings (SSSR count). The molecule has 1 N–H and O–H groups in total. The van der Waals surface area contributed by atoms with E-state index in [-0.39, 0.29) is 18.1 Å². The van der Waals surface area contributed by atoms with Crippen molar-refractivity contribution in [3.8, 4) is 11.4 Å². The summed E-state index contributed by atoms with van der Waals surface area (Å²) in [4.78, 5) is 16.3. The predicted molar refractivity (Wildman–Crippen MR) is 92.6 cm³/mol. The molecule has 128 valence electrons. The molecule has 2 aromatic carbocycles. The molecule has 3 aromatic rings. The van der Waals surface area contributed by atoms with Gasteiger partial charge in [0.1, 0.15) is 5.82 Å². The molecule has 0 fully saturated rings. The minimum Gasteiger partial charge on any atom is -0.339 e. The van der Waals surface area contributed by atoms with E-state index in [9.17, 15) is 9.18 Å². The van der Waals surface area contributed by atoms with E-state index in [4.69, 9.17) is 4.52 Å². The SMILES string of the molecule is Cc1cccc(NC(=O)CCc2nc(-c3cccc(F)c3)no2)c1C. The molecule has 1 amide bonds. The molecule has 0 saturated heterocycles. The summed E-state index contributed by atoms with van der Waals surface area (Å²) in [5, 5.41) is 6.72. The molecule has 0 aliphatic carbocycles. The minimum absolute atomic E-state index is 0.126. The molecule has 1 heterocycles. The Hall–Kier alpha value is -3.02. The van der Waals surface area contributed by atoms with Crippen molar-refractivity contribution in [1.82, 2.24) is 10.1 Å². The van der Waals surface area contributed by atoms with E-state index in [0.29, 0.717) is 23.7 Å². The summed E-state index contributed by atoms with van der Waals surface area (Å²) < 4.78 is 18.4. The van der Waals surface area contributed by atoms with Crippen molar-refractivity contribution in [3.05, 3.63) is 65.3 Å². The van der Waals surface area contributed by atoms with Crippen molar-refractivity contribution in [2.45, 2.75) is 26.7 Å². The topological polar surface area (TPSA) is 68.0 Å². The van der Waals surface area contributed by atoms with Gasteiger partial charge in [0.25, 0.3) is 0 Å². The van der Waals surface area contributed by atoms with E-state index < -0.39 is 0 Å². The monoisotopic (exact) mass is 339 g/mol. The van der Waals surface area contributed by atoms with Crippen LogP contribution in [0.25, 0.3) is 11.4 Å². The number of hydrogen-bond acceptors (Lipinski definition) is 4. The Labute approximate surface area is 144 Å². The van der Waals surface area contributed by atoms with E-state index in [1.165, 1.54) is 12.1 Å². The number of nitrogens with one attached hydrogen (secondary N) is 1. The van der Waals surface area contributed by atoms with Gasteiger partial charge in [0, 0.05) is 24.1 Å². The normalized spacial score (nSPS) is 10.7. The quantitative estimate of drug-likeness (QED) is 0.761. The van der Waals surface area contributed by atoms with Crippen LogP contribution in [0.5, 0.6) is 0 Å². The molecule has 1 aromatic heterocycles. The highest BCUT2D eigenvalue weighted by molar-refractivity contribution is 5.91. The summed E-state index contributed by atoms with van der Waals surface area (Å²) in [7, 11) is 0. The molecule has 0 aliphatic heterocycles. The number of halogens is 1. The third-order valence-electron chi connectivity index (χ3n) is 4.00. The van der Waals surface area contributed by atoms with E-state index >= 15 is 0 Å². The summed E-state index contributed by atoms with van der Waals surface area (Å²) in [6.45, 7) is 3.96. The van der Waals surface area contributed by atoms with Crippen LogP contribution < -0.4 is 5.32 Å². The van der Waals surface area contributed by atoms with Gasteiger partial charge in [-0.25, -0.2) is 4.39 Å². The van der Waals surface area contributed by atoms with Crippen LogP contribution in [0.1, 0.15) is 23.4 Å². The van der Waals surface area contributed by atoms with Gasteiger partial charge in [-0.1, -0.05) is 29.4 Å². The summed E-state index contributed by atoms with van der Waals surface area (Å²) in [6, 6.07) is 11.7. The van der Waals surface area contributed by atoms with Gasteiger partial charge in [-0.05, 0) is 43.2 Å². The summed E-state index contributed by atoms with van der Waals surface area (Å²) >= 11 is 0. The highest BCUT2D eigenvalue weighted by Crippen LogP contribution is 2.19. The molecule has 0 aliphatic rings. The predicted octanol–water partition coefficient (Wildman–Crippen LogP) is 4.06. The first-order valence-corrected chi connectivity index (χ1v) is 7.97. The second kappa shape index (κ2) is 7.25. The molecule has 0 atom stereocenters. The van der Waals surface area contributed by atoms with Crippen molar-refractivity contribution >= 4 is 11.6 Å². The highest BCUT2D eigenvalue weighted by atomic mass is 19.1. The lowest BCUT2D eigenvalue weighted by atomic mass is 10.1. The van der Waals surface area contributed by atoms with Crippen LogP contribution in [0.3, 0.4) is 0 Å². The number of hydrogen-bond donors (Lipinski definition) is 1. The number of anilines is 1. The third kappa shape index (κ3) is 4.09. The van der Waals surface area contributed by atoms with Gasteiger partial charge in [0.2, 0.25) is 17.6 Å². The fourth-order valence-electron chi connectivity index (χ4n) is 2.42. The zero-order valence-electron chi connectivity index (χ0n) is 14.0. The van der Waals surface area contributed by atoms with Crippen molar-refractivity contribution in [1.29, 1.82) is 0 Å². The van der Waals surface area contributed by atoms with Gasteiger partial charge in [-0.3, -0.25) is 4.79 Å². The number of amides is 1. The zero-order chi connectivity index (χ0) is 17.8. The van der Waals surface area contributed by atoms with Gasteiger partial charge in [0.05, 0.1) is 0 Å². The fourth-order valence-corrected chi connectivity index (χ4v) is 2.42. The molecule has 5 nitrogen and oxygen atoms in total. The molecular formula is C19H18FN3O2. The van der Waals surface area contributed by atoms with E-state index in [0.717, 1.165) is 16.8 Å². The Bertz CT molecular complexity index is 905. The van der Waals surface area contributed by atoms with Gasteiger partial charge in [0.15, 0.2) is 0 Å². The van der Waals surface area contributed by atoms with Gasteiger partial charge >= 0.3 is 0 Å². The summed E-state index contributed by atoms with van der Waals surface area (Å²) in [6.07, 6.45) is 0.539. The Kier molecular flexibility index (Phi) is 4.88. The largest absolute Gasteiger partial charge is 0.339 e. The second-order valence-corrected chi connectivity index (χ2v) is 5.82. The second-order valence-electron chi connectivity index (χ2n) is 5.82. The molecule has 0 saturated carbocycles. The number of carbonyl (C=O) groups is 1. The Morgan fingerprint density at radius 2 is 2.00 bits per heavy atom. The average molecular weight is 339 g/mol. The standard InChI is InChI=1S/C19H18FN3O2/c1-12-5-3-8-16(13(12)2)21-17(24)9-10-18-22-19(23-25-18)14-6-4-7-15(20)11-14/h3-8,11H,9-10H2,1-2H3,(H,21,24). The number of benzene rings is 2. The van der Waals surface area contributed by atoms with Crippen molar-refractivity contribution in [3.63, 3.8) is 0 Å². The van der Waals surface area contributed by atoms with Crippen LogP contribution >= 0.6 is 0 Å². The molecule has 25 heavy (non-hydrogen) atoms. The van der Waals surface area contributed by atoms with Gasteiger partial charge in [-0.2, -0.15) is 4.98 Å². The lowest BCUT2D eigenvalue weighted by Crippen LogP contribution is -2.13. The summed E-state index contributed by atoms with van der Waals surface area (Å²) in [5.74, 6) is 0.163. The van der Waals surface area contributed by atoms with Crippen molar-refractivity contribution < 1.29 is 13.7 Å². The molecule has 0 bridgehead atoms. The maximum absolute atomic E-state index is 13.2. The van der Waals surface area contributed by atoms with Crippen LogP contribution in [0.2, 0.25) is 0 Å². The van der Waals surface area contributed by atoms with Crippen molar-refractivity contribution in [2.75, 3.05) is 5.32 Å². The molecular weight excluding hydrogens is 321 g/mol. The number of aromatic nitrogens is 2. The van der Waals surface area contributed by atoms with Crippen LogP contribution in [-0.2, 0) is 11.2 Å². The molecule has 0 radical (unpaired) electrons. The van der Waals surface area contributed by atoms with Crippen LogP contribution in [-0.4, -0.2) is 16.0 Å². The first kappa shape index (κ1) is 16.8. The third-order valence-corrected chi connectivity index (χ3v) is 4.00. The average Bonchev–Trinajstić information content (AvgIpc) is 3.06. The lowest BCUT2D eigenvalue weighted by Gasteiger charge is -2.09. The highest BCUT2D eigenvalue weighted by Gasteiger charge is 2.12. The van der Waals surface area contributed by atoms with Gasteiger partial charge < -0.3 is 9.84 Å². The number of carbonyl (C=O) groups excluding carboxylic acids is 1. The maximum atomic E-state index is 13.2. The minimum atomic E-state index is -0.364. The van der Waals surface area contributed by atoms with E-state index in [1.807, 2.05) is 32.0 Å². The Morgan fingerprint density at radius 1 is 1.20 bits per heavy atom. The number of aryl methyl sites for hydroxylation is 2. The molecule has 0 spiro atoms. The summed E-state index contributed by atoms with van der Waals surface area (Å²) in [5.41, 5.74) is 3.50. The smallest absolute Gasteiger partial charge is 0.227 e. The first-order valence-electron chi connectivity index (χ1n) is 7.97. The lowest BCUT2D eigenvalue weighted by molar-refractivity contribution is -0.116. The van der Waals surface area contributed by atoms with Crippen LogP contribution in [0.4, 0.5) is 10.1 Å². The van der Waals surface area contributed by atoms with E-state index in [1.54, 1.807) is 12.1 Å². The maximum Gasteiger partial charge on any atom is 0.227 e. The van der Waals surface area contributed by atoms with Crippen LogP contribution in [0, 0.1) is 19.7 Å². The zero-order valence-corrected chi connectivity index (χ0v) is 14.0. The van der Waals surface area contributed by atoms with Gasteiger partial charge in [-0.15, -0.1) is 0 Å². The van der Waals surface area contributed by atoms with Crippen LogP contribution in [0.15, 0.2) is 47.0 Å². The van der Waals surface area contributed by atoms with Crippen molar-refractivity contribution in [2.24, 2.45) is 0 Å². The Balaban J connectivity index is 1.60. The molecule has 6 heteroatoms. The number of nitrogens with zero attached hydrogens (tertiary/aromatic N) is 2. The first-order chi connectivity index (χ1) is 12.0. The van der Waals surface area contributed by atoms with E-state index in [2.05, 4.69) is 15.5 Å².